The predicted molar refractivity (Wildman–Crippen MR) is 126 cm³/mol. The van der Waals surface area contributed by atoms with E-state index in [9.17, 15) is 19.8 Å². The fourth-order valence-corrected chi connectivity index (χ4v) is 5.98. The van der Waals surface area contributed by atoms with Gasteiger partial charge in [-0.1, -0.05) is 41.0 Å². The first kappa shape index (κ1) is 28.9. The maximum atomic E-state index is 13.0. The predicted octanol–water partition coefficient (Wildman–Crippen LogP) is 4.14. The number of carboxylic acid groups (broad SMARTS) is 1. The SMILES string of the molecule is CCC(C)(C)C(=O)N[C@H]1C[C@@H](C)C[C@@H]2CC[C@H](C)[C@H](CC[C@@H](O)C[C@@H](O)CC(=O)O)[C@H]21.N. The lowest BCUT2D eigenvalue weighted by Crippen LogP contribution is -2.54. The Hall–Kier alpha value is -1.18. The highest BCUT2D eigenvalue weighted by molar-refractivity contribution is 5.82. The van der Waals surface area contributed by atoms with Crippen molar-refractivity contribution < 1.29 is 24.9 Å². The van der Waals surface area contributed by atoms with Crippen LogP contribution >= 0.6 is 0 Å². The number of carboxylic acids is 1. The molecule has 2 saturated carbocycles. The molecule has 7 N–H and O–H groups in total. The largest absolute Gasteiger partial charge is 0.481 e. The van der Waals surface area contributed by atoms with Crippen LogP contribution in [0.2, 0.25) is 0 Å². The minimum absolute atomic E-state index is 0. The van der Waals surface area contributed by atoms with E-state index in [1.54, 1.807) is 0 Å². The molecule has 0 unspecified atom stereocenters. The molecular formula is C25H48N2O5. The van der Waals surface area contributed by atoms with Gasteiger partial charge in [0.25, 0.3) is 0 Å². The Balaban J connectivity index is 0.00000512. The van der Waals surface area contributed by atoms with Crippen molar-refractivity contribution in [3.8, 4) is 0 Å². The van der Waals surface area contributed by atoms with E-state index in [-0.39, 0.29) is 36.4 Å². The smallest absolute Gasteiger partial charge is 0.305 e. The third-order valence-electron chi connectivity index (χ3n) is 8.19. The molecule has 2 fully saturated rings. The zero-order chi connectivity index (χ0) is 23.3. The molecular weight excluding hydrogens is 408 g/mol. The number of carbonyl (C=O) groups excluding carboxylic acids is 1. The second-order valence-electron chi connectivity index (χ2n) is 11.2. The number of rotatable bonds is 10. The second-order valence-corrected chi connectivity index (χ2v) is 11.2. The third-order valence-corrected chi connectivity index (χ3v) is 8.19. The van der Waals surface area contributed by atoms with E-state index in [1.807, 2.05) is 13.8 Å². The number of amides is 1. The van der Waals surface area contributed by atoms with Crippen LogP contribution in [0.5, 0.6) is 0 Å². The van der Waals surface area contributed by atoms with Crippen molar-refractivity contribution in [2.75, 3.05) is 0 Å². The topological polar surface area (TPSA) is 142 Å². The second kappa shape index (κ2) is 12.3. The fourth-order valence-electron chi connectivity index (χ4n) is 5.98. The van der Waals surface area contributed by atoms with Gasteiger partial charge < -0.3 is 26.8 Å². The highest BCUT2D eigenvalue weighted by Crippen LogP contribution is 2.49. The average Bonchev–Trinajstić information content (AvgIpc) is 2.66. The van der Waals surface area contributed by atoms with Crippen molar-refractivity contribution in [2.24, 2.45) is 35.0 Å². The fraction of sp³-hybridized carbons (Fsp3) is 0.920. The Morgan fingerprint density at radius 3 is 2.34 bits per heavy atom. The summed E-state index contributed by atoms with van der Waals surface area (Å²) in [7, 11) is 0. The minimum atomic E-state index is -1.05. The lowest BCUT2D eigenvalue weighted by atomic mass is 9.57. The molecule has 2 aliphatic rings. The molecule has 2 aliphatic carbocycles. The molecule has 0 bridgehead atoms. The molecule has 8 atom stereocenters. The molecule has 32 heavy (non-hydrogen) atoms. The van der Waals surface area contributed by atoms with Gasteiger partial charge in [0, 0.05) is 11.5 Å². The summed E-state index contributed by atoms with van der Waals surface area (Å²) >= 11 is 0. The van der Waals surface area contributed by atoms with Gasteiger partial charge in [0.1, 0.15) is 0 Å². The van der Waals surface area contributed by atoms with Gasteiger partial charge in [-0.25, -0.2) is 0 Å². The number of aliphatic hydroxyl groups excluding tert-OH is 2. The van der Waals surface area contributed by atoms with Crippen molar-refractivity contribution >= 4 is 11.9 Å². The summed E-state index contributed by atoms with van der Waals surface area (Å²) < 4.78 is 0. The first-order valence-corrected chi connectivity index (χ1v) is 12.3. The van der Waals surface area contributed by atoms with E-state index in [4.69, 9.17) is 5.11 Å². The standard InChI is InChI=1S/C25H45NO5.H3N/c1-6-25(4,5)24(31)26-21-12-15(2)11-17-8-7-16(3)20(23(17)21)10-9-18(27)13-19(28)14-22(29)30;/h15-21,23,27-28H,6-14H2,1-5H3,(H,26,31)(H,29,30);1H3/t15-,16-,17-,18+,19+,20-,21-,23-;/m0./s1. The van der Waals surface area contributed by atoms with Crippen LogP contribution in [0.15, 0.2) is 0 Å². The van der Waals surface area contributed by atoms with Gasteiger partial charge >= 0.3 is 5.97 Å². The van der Waals surface area contributed by atoms with Crippen molar-refractivity contribution in [1.29, 1.82) is 0 Å². The molecule has 1 amide bonds. The summed E-state index contributed by atoms with van der Waals surface area (Å²) in [6, 6.07) is 0.176. The quantitative estimate of drug-likeness (QED) is 0.334. The monoisotopic (exact) mass is 456 g/mol. The molecule has 0 spiro atoms. The van der Waals surface area contributed by atoms with Crippen molar-refractivity contribution in [1.82, 2.24) is 11.5 Å². The molecule has 188 valence electrons. The van der Waals surface area contributed by atoms with Gasteiger partial charge in [0.2, 0.25) is 5.91 Å². The van der Waals surface area contributed by atoms with Gasteiger partial charge in [-0.3, -0.25) is 9.59 Å². The Bertz CT molecular complexity index is 611. The molecule has 0 aliphatic heterocycles. The number of aliphatic hydroxyl groups is 2. The van der Waals surface area contributed by atoms with Crippen LogP contribution in [0, 0.1) is 35.0 Å². The van der Waals surface area contributed by atoms with Gasteiger partial charge in [0.15, 0.2) is 0 Å². The van der Waals surface area contributed by atoms with E-state index in [0.717, 1.165) is 19.3 Å². The van der Waals surface area contributed by atoms with Crippen LogP contribution in [0.25, 0.3) is 0 Å². The van der Waals surface area contributed by atoms with Crippen LogP contribution in [-0.4, -0.2) is 45.4 Å². The maximum absolute atomic E-state index is 13.0. The molecule has 0 aromatic rings. The van der Waals surface area contributed by atoms with E-state index < -0.39 is 18.2 Å². The molecule has 2 rings (SSSR count). The summed E-state index contributed by atoms with van der Waals surface area (Å²) in [6.45, 7) is 10.6. The number of carbonyl (C=O) groups is 2. The highest BCUT2D eigenvalue weighted by Gasteiger charge is 2.46. The summed E-state index contributed by atoms with van der Waals surface area (Å²) in [5.41, 5.74) is -0.373. The van der Waals surface area contributed by atoms with Crippen LogP contribution < -0.4 is 11.5 Å². The van der Waals surface area contributed by atoms with Crippen LogP contribution in [0.4, 0.5) is 0 Å². The zero-order valence-corrected chi connectivity index (χ0v) is 20.8. The molecule has 7 nitrogen and oxygen atoms in total. The Morgan fingerprint density at radius 1 is 1.09 bits per heavy atom. The molecule has 0 aromatic carbocycles. The van der Waals surface area contributed by atoms with Gasteiger partial charge in [-0.15, -0.1) is 0 Å². The molecule has 0 heterocycles. The minimum Gasteiger partial charge on any atom is -0.481 e. The van der Waals surface area contributed by atoms with E-state index in [2.05, 4.69) is 26.1 Å². The van der Waals surface area contributed by atoms with Gasteiger partial charge in [-0.2, -0.15) is 0 Å². The van der Waals surface area contributed by atoms with Gasteiger partial charge in [0.05, 0.1) is 18.6 Å². The van der Waals surface area contributed by atoms with E-state index in [1.165, 1.54) is 19.3 Å². The first-order valence-electron chi connectivity index (χ1n) is 12.3. The van der Waals surface area contributed by atoms with Gasteiger partial charge in [-0.05, 0) is 74.5 Å². The Kier molecular flexibility index (Phi) is 11.1. The molecule has 0 saturated heterocycles. The number of fused-ring (bicyclic) bond motifs is 1. The zero-order valence-electron chi connectivity index (χ0n) is 20.8. The summed E-state index contributed by atoms with van der Waals surface area (Å²) in [4.78, 5) is 23.7. The lowest BCUT2D eigenvalue weighted by Gasteiger charge is -2.51. The van der Waals surface area contributed by atoms with Crippen LogP contribution in [0.3, 0.4) is 0 Å². The molecule has 0 radical (unpaired) electrons. The van der Waals surface area contributed by atoms with Crippen LogP contribution in [-0.2, 0) is 9.59 Å². The first-order chi connectivity index (χ1) is 14.4. The van der Waals surface area contributed by atoms with E-state index in [0.29, 0.717) is 36.0 Å². The molecule has 0 aromatic heterocycles. The summed E-state index contributed by atoms with van der Waals surface area (Å²) in [5.74, 6) is 1.68. The summed E-state index contributed by atoms with van der Waals surface area (Å²) in [6.07, 6.45) is 4.87. The van der Waals surface area contributed by atoms with Crippen molar-refractivity contribution in [3.63, 3.8) is 0 Å². The number of aliphatic carboxylic acids is 1. The third kappa shape index (κ3) is 7.70. The van der Waals surface area contributed by atoms with Crippen molar-refractivity contribution in [3.05, 3.63) is 0 Å². The van der Waals surface area contributed by atoms with E-state index >= 15 is 0 Å². The van der Waals surface area contributed by atoms with Crippen molar-refractivity contribution in [2.45, 2.75) is 111 Å². The highest BCUT2D eigenvalue weighted by atomic mass is 16.4. The molecule has 7 heteroatoms. The number of hydrogen-bond donors (Lipinski definition) is 5. The normalized spacial score (nSPS) is 32.2. The number of hydrogen-bond acceptors (Lipinski definition) is 5. The number of nitrogens with one attached hydrogen (secondary N) is 1. The maximum Gasteiger partial charge on any atom is 0.305 e. The Morgan fingerprint density at radius 2 is 1.75 bits per heavy atom. The van der Waals surface area contributed by atoms with Crippen LogP contribution in [0.1, 0.15) is 92.4 Å². The summed E-state index contributed by atoms with van der Waals surface area (Å²) in [5, 5.41) is 32.5. The average molecular weight is 457 g/mol. The Labute approximate surface area is 194 Å². The lowest BCUT2D eigenvalue weighted by molar-refractivity contribution is -0.139.